The highest BCUT2D eigenvalue weighted by molar-refractivity contribution is 14.1. The molecule has 9 heteroatoms. The Kier molecular flexibility index (Phi) is 5.21. The van der Waals surface area contributed by atoms with Crippen molar-refractivity contribution < 1.29 is 13.9 Å². The number of hydrogen-bond acceptors (Lipinski definition) is 4. The third-order valence-corrected chi connectivity index (χ3v) is 4.52. The maximum Gasteiger partial charge on any atom is 0.276 e. The van der Waals surface area contributed by atoms with Crippen LogP contribution in [0.25, 0.3) is 10.8 Å². The molecule has 0 radical (unpaired) electrons. The van der Waals surface area contributed by atoms with Gasteiger partial charge in [0.2, 0.25) is 0 Å². The molecule has 0 saturated heterocycles. The number of hydrogen-bond donors (Lipinski definition) is 2. The molecule has 0 aliphatic rings. The van der Waals surface area contributed by atoms with Crippen LogP contribution < -0.4 is 10.9 Å². The number of fused-ring (bicyclic) bond motifs is 1. The number of anilines is 2. The van der Waals surface area contributed by atoms with E-state index in [1.807, 2.05) is 0 Å². The average Bonchev–Trinajstić information content (AvgIpc) is 2.56. The van der Waals surface area contributed by atoms with Crippen molar-refractivity contribution in [2.24, 2.45) is 0 Å². The largest absolute Gasteiger partial charge is 0.394 e. The third kappa shape index (κ3) is 3.46. The van der Waals surface area contributed by atoms with E-state index in [0.29, 0.717) is 10.7 Å². The predicted molar refractivity (Wildman–Crippen MR) is 100 cm³/mol. The Labute approximate surface area is 159 Å². The van der Waals surface area contributed by atoms with Gasteiger partial charge in [-0.3, -0.25) is 4.79 Å². The monoisotopic (exact) mass is 477 g/mol. The summed E-state index contributed by atoms with van der Waals surface area (Å²) in [7, 11) is 0. The first kappa shape index (κ1) is 18.0. The van der Waals surface area contributed by atoms with Gasteiger partial charge in [-0.05, 0) is 46.9 Å². The minimum absolute atomic E-state index is 0.0580. The Bertz CT molecular complexity index is 1030. The number of benzene rings is 2. The van der Waals surface area contributed by atoms with E-state index in [-0.39, 0.29) is 29.6 Å². The number of nitrogens with zero attached hydrogens (tertiary/aromatic N) is 2. The van der Waals surface area contributed by atoms with Gasteiger partial charge in [0.05, 0.1) is 41.1 Å². The van der Waals surface area contributed by atoms with Crippen LogP contribution in [0.4, 0.5) is 20.2 Å². The Morgan fingerprint density at radius 3 is 2.76 bits per heavy atom. The molecule has 0 fully saturated rings. The molecular formula is C16H11ClF2IN3O2. The van der Waals surface area contributed by atoms with Crippen LogP contribution in [0, 0.1) is 15.2 Å². The lowest BCUT2D eigenvalue weighted by atomic mass is 10.1. The molecule has 2 N–H and O–H groups in total. The molecule has 0 unspecified atom stereocenters. The van der Waals surface area contributed by atoms with Crippen molar-refractivity contribution in [3.05, 3.63) is 61.0 Å². The van der Waals surface area contributed by atoms with Crippen molar-refractivity contribution in [2.45, 2.75) is 6.54 Å². The molecule has 0 atom stereocenters. The molecule has 0 saturated carbocycles. The number of nitrogens with one attached hydrogen (secondary N) is 1. The summed E-state index contributed by atoms with van der Waals surface area (Å²) in [5.41, 5.74) is -0.635. The first-order chi connectivity index (χ1) is 11.9. The highest BCUT2D eigenvalue weighted by Gasteiger charge is 2.19. The summed E-state index contributed by atoms with van der Waals surface area (Å²) in [6.45, 7) is -0.370. The Hall–Kier alpha value is -1.78. The van der Waals surface area contributed by atoms with Crippen molar-refractivity contribution in [1.82, 2.24) is 9.78 Å². The fraction of sp³-hybridized carbons (Fsp3) is 0.125. The third-order valence-electron chi connectivity index (χ3n) is 3.54. The molecule has 3 rings (SSSR count). The quantitative estimate of drug-likeness (QED) is 0.563. The summed E-state index contributed by atoms with van der Waals surface area (Å²) in [6.07, 6.45) is 1.25. The van der Waals surface area contributed by atoms with E-state index in [1.165, 1.54) is 6.20 Å². The van der Waals surface area contributed by atoms with Gasteiger partial charge >= 0.3 is 0 Å². The highest BCUT2D eigenvalue weighted by atomic mass is 127. The van der Waals surface area contributed by atoms with E-state index in [4.69, 9.17) is 16.7 Å². The first-order valence-corrected chi connectivity index (χ1v) is 8.59. The second-order valence-electron chi connectivity index (χ2n) is 5.16. The lowest BCUT2D eigenvalue weighted by molar-refractivity contribution is 0.266. The summed E-state index contributed by atoms with van der Waals surface area (Å²) in [4.78, 5) is 12.6. The van der Waals surface area contributed by atoms with Crippen molar-refractivity contribution in [2.75, 3.05) is 11.9 Å². The molecule has 25 heavy (non-hydrogen) atoms. The molecule has 2 aromatic carbocycles. The van der Waals surface area contributed by atoms with Gasteiger partial charge in [-0.2, -0.15) is 5.10 Å². The van der Waals surface area contributed by atoms with E-state index in [0.717, 1.165) is 14.3 Å². The second kappa shape index (κ2) is 7.22. The summed E-state index contributed by atoms with van der Waals surface area (Å²) in [6, 6.07) is 5.89. The van der Waals surface area contributed by atoms with Crippen LogP contribution in [-0.4, -0.2) is 21.5 Å². The van der Waals surface area contributed by atoms with E-state index in [2.05, 4.69) is 33.0 Å². The second-order valence-corrected chi connectivity index (χ2v) is 6.81. The van der Waals surface area contributed by atoms with E-state index in [9.17, 15) is 13.6 Å². The molecule has 0 aliphatic heterocycles. The summed E-state index contributed by atoms with van der Waals surface area (Å²) >= 11 is 8.20. The molecule has 3 aromatic rings. The molecule has 1 aromatic heterocycles. The van der Waals surface area contributed by atoms with Crippen LogP contribution in [-0.2, 0) is 6.54 Å². The fourth-order valence-electron chi connectivity index (χ4n) is 2.39. The standard InChI is InChI=1S/C16H11ClF2IN3O2/c17-10-6-9(20)1-2-12(10)22-15-13-8(5-11(18)14(15)19)7-21-23(3-4-24)16(13)25/h1-2,5-7,22,24H,3-4H2. The number of aliphatic hydroxyl groups excluding tert-OH is 1. The van der Waals surface area contributed by atoms with E-state index < -0.39 is 17.2 Å². The van der Waals surface area contributed by atoms with Crippen molar-refractivity contribution in [3.63, 3.8) is 0 Å². The van der Waals surface area contributed by atoms with Crippen LogP contribution in [0.3, 0.4) is 0 Å². The van der Waals surface area contributed by atoms with Gasteiger partial charge in [0.15, 0.2) is 11.6 Å². The number of rotatable bonds is 4. The maximum absolute atomic E-state index is 14.4. The van der Waals surface area contributed by atoms with Gasteiger partial charge < -0.3 is 10.4 Å². The van der Waals surface area contributed by atoms with Gasteiger partial charge in [-0.1, -0.05) is 11.6 Å². The minimum Gasteiger partial charge on any atom is -0.394 e. The zero-order valence-corrected chi connectivity index (χ0v) is 15.5. The summed E-state index contributed by atoms with van der Waals surface area (Å²) in [5.74, 6) is -2.31. The normalized spacial score (nSPS) is 11.1. The molecule has 0 aliphatic carbocycles. The van der Waals surface area contributed by atoms with Gasteiger partial charge in [0.1, 0.15) is 0 Å². The molecular weight excluding hydrogens is 467 g/mol. The van der Waals surface area contributed by atoms with Crippen LogP contribution in [0.15, 0.2) is 35.3 Å². The van der Waals surface area contributed by atoms with Gasteiger partial charge in [0, 0.05) is 8.96 Å². The topological polar surface area (TPSA) is 67.2 Å². The Balaban J connectivity index is 2.26. The number of aromatic nitrogens is 2. The zero-order chi connectivity index (χ0) is 18.1. The van der Waals surface area contributed by atoms with Crippen LogP contribution >= 0.6 is 34.2 Å². The van der Waals surface area contributed by atoms with E-state index in [1.54, 1.807) is 18.2 Å². The van der Waals surface area contributed by atoms with Gasteiger partial charge in [-0.15, -0.1) is 0 Å². The van der Waals surface area contributed by atoms with Crippen molar-refractivity contribution in [1.29, 1.82) is 0 Å². The molecule has 1 heterocycles. The van der Waals surface area contributed by atoms with Crippen molar-refractivity contribution in [3.8, 4) is 0 Å². The molecule has 0 amide bonds. The van der Waals surface area contributed by atoms with Gasteiger partial charge in [-0.25, -0.2) is 13.5 Å². The Morgan fingerprint density at radius 1 is 1.32 bits per heavy atom. The van der Waals surface area contributed by atoms with Crippen LogP contribution in [0.2, 0.25) is 5.02 Å². The zero-order valence-electron chi connectivity index (χ0n) is 12.6. The minimum atomic E-state index is -1.19. The van der Waals surface area contributed by atoms with Crippen LogP contribution in [0.5, 0.6) is 0 Å². The Morgan fingerprint density at radius 2 is 2.08 bits per heavy atom. The average molecular weight is 478 g/mol. The fourth-order valence-corrected chi connectivity index (χ4v) is 3.29. The van der Waals surface area contributed by atoms with Gasteiger partial charge in [0.25, 0.3) is 5.56 Å². The number of halogens is 4. The number of aliphatic hydroxyl groups is 1. The van der Waals surface area contributed by atoms with Crippen LogP contribution in [0.1, 0.15) is 0 Å². The summed E-state index contributed by atoms with van der Waals surface area (Å²) < 4.78 is 30.2. The molecule has 0 bridgehead atoms. The van der Waals surface area contributed by atoms with Crippen molar-refractivity contribution >= 4 is 56.3 Å². The smallest absolute Gasteiger partial charge is 0.276 e. The maximum atomic E-state index is 14.4. The molecule has 130 valence electrons. The molecule has 0 spiro atoms. The lowest BCUT2D eigenvalue weighted by Gasteiger charge is -2.14. The lowest BCUT2D eigenvalue weighted by Crippen LogP contribution is -2.25. The summed E-state index contributed by atoms with van der Waals surface area (Å²) in [5, 5.41) is 15.9. The highest BCUT2D eigenvalue weighted by Crippen LogP contribution is 2.32. The molecule has 5 nitrogen and oxygen atoms in total. The predicted octanol–water partition coefficient (Wildman–Crippen LogP) is 3.67. The first-order valence-electron chi connectivity index (χ1n) is 7.13. The SMILES string of the molecule is O=c1c2c(Nc3ccc(I)cc3Cl)c(F)c(F)cc2cnn1CCO. The van der Waals surface area contributed by atoms with E-state index >= 15 is 0 Å².